The minimum Gasteiger partial charge on any atom is -0.469 e. The second-order valence-corrected chi connectivity index (χ2v) is 8.68. The first-order valence-electron chi connectivity index (χ1n) is 11.9. The van der Waals surface area contributed by atoms with E-state index in [1.54, 1.807) is 4.90 Å². The zero-order valence-corrected chi connectivity index (χ0v) is 19.5. The van der Waals surface area contributed by atoms with Crippen molar-refractivity contribution >= 4 is 12.0 Å². The van der Waals surface area contributed by atoms with Crippen molar-refractivity contribution in [2.24, 2.45) is 5.92 Å². The zero-order valence-electron chi connectivity index (χ0n) is 19.5. The third kappa shape index (κ3) is 6.56. The molecule has 1 saturated heterocycles. The number of carbonyl (C=O) groups excluding carboxylic acids is 2. The molecule has 6 heteroatoms. The Hall–Kier alpha value is -2.89. The average Bonchev–Trinajstić information content (AvgIpc) is 2.88. The van der Waals surface area contributed by atoms with E-state index in [1.807, 2.05) is 60.7 Å². The van der Waals surface area contributed by atoms with Gasteiger partial charge in [-0.15, -0.1) is 0 Å². The van der Waals surface area contributed by atoms with Gasteiger partial charge in [0.1, 0.15) is 0 Å². The summed E-state index contributed by atoms with van der Waals surface area (Å²) in [6.07, 6.45) is 5.25. The minimum absolute atomic E-state index is 0.0770. The lowest BCUT2D eigenvalue weighted by Gasteiger charge is -2.40. The van der Waals surface area contributed by atoms with Crippen LogP contribution in [0.4, 0.5) is 9.18 Å². The van der Waals surface area contributed by atoms with Gasteiger partial charge in [0.05, 0.1) is 7.11 Å². The Bertz CT molecular complexity index is 828. The van der Waals surface area contributed by atoms with Crippen LogP contribution < -0.4 is 5.32 Å². The minimum atomic E-state index is -1.57. The molecular formula is C27H35FN2O3. The van der Waals surface area contributed by atoms with Crippen molar-refractivity contribution in [2.75, 3.05) is 26.7 Å². The quantitative estimate of drug-likeness (QED) is 0.384. The van der Waals surface area contributed by atoms with Crippen molar-refractivity contribution < 1.29 is 18.7 Å². The van der Waals surface area contributed by atoms with Gasteiger partial charge in [-0.3, -0.25) is 4.79 Å². The summed E-state index contributed by atoms with van der Waals surface area (Å²) in [4.78, 5) is 25.5. The van der Waals surface area contributed by atoms with Gasteiger partial charge in [-0.1, -0.05) is 73.5 Å². The second kappa shape index (κ2) is 12.4. The predicted octanol–water partition coefficient (Wildman–Crippen LogP) is 5.44. The van der Waals surface area contributed by atoms with Crippen molar-refractivity contribution in [1.82, 2.24) is 10.2 Å². The number of unbranched alkanes of at least 4 members (excludes halogenated alkanes) is 3. The van der Waals surface area contributed by atoms with Crippen molar-refractivity contribution in [1.29, 1.82) is 0 Å². The van der Waals surface area contributed by atoms with E-state index in [0.717, 1.165) is 25.7 Å². The highest BCUT2D eigenvalue weighted by Gasteiger charge is 2.44. The summed E-state index contributed by atoms with van der Waals surface area (Å²) >= 11 is 0. The van der Waals surface area contributed by atoms with Crippen LogP contribution in [0, 0.1) is 5.92 Å². The molecule has 0 aliphatic carbocycles. The van der Waals surface area contributed by atoms with Gasteiger partial charge in [-0.25, -0.2) is 9.18 Å². The molecule has 0 atom stereocenters. The summed E-state index contributed by atoms with van der Waals surface area (Å²) < 4.78 is 21.4. The highest BCUT2D eigenvalue weighted by molar-refractivity contribution is 5.74. The maximum absolute atomic E-state index is 16.7. The molecule has 0 radical (unpaired) electrons. The van der Waals surface area contributed by atoms with Crippen LogP contribution in [0.1, 0.15) is 56.1 Å². The normalized spacial score (nSPS) is 14.7. The van der Waals surface area contributed by atoms with Crippen LogP contribution in [0.5, 0.6) is 0 Å². The maximum Gasteiger partial charge on any atom is 0.317 e. The molecule has 1 fully saturated rings. The number of hydrogen-bond donors (Lipinski definition) is 1. The molecule has 2 aromatic carbocycles. The lowest BCUT2D eigenvalue weighted by atomic mass is 9.73. The first-order valence-corrected chi connectivity index (χ1v) is 11.9. The SMILES string of the molecule is COC(=O)CCCCCCNC(=O)N1CCC(C(F)(c2ccccc2)c2ccccc2)CC1. The molecule has 5 nitrogen and oxygen atoms in total. The fourth-order valence-corrected chi connectivity index (χ4v) is 4.64. The molecule has 0 spiro atoms. The van der Waals surface area contributed by atoms with E-state index in [0.29, 0.717) is 50.0 Å². The smallest absolute Gasteiger partial charge is 0.317 e. The van der Waals surface area contributed by atoms with Crippen LogP contribution in [-0.2, 0) is 15.2 Å². The van der Waals surface area contributed by atoms with Gasteiger partial charge >= 0.3 is 12.0 Å². The first-order chi connectivity index (χ1) is 16.1. The number of benzene rings is 2. The van der Waals surface area contributed by atoms with Gasteiger partial charge < -0.3 is 15.0 Å². The fourth-order valence-electron chi connectivity index (χ4n) is 4.64. The summed E-state index contributed by atoms with van der Waals surface area (Å²) in [5, 5.41) is 2.98. The molecule has 0 saturated carbocycles. The molecule has 1 heterocycles. The first kappa shape index (κ1) is 24.7. The van der Waals surface area contributed by atoms with Crippen LogP contribution in [0.3, 0.4) is 0 Å². The van der Waals surface area contributed by atoms with Gasteiger partial charge in [0.25, 0.3) is 0 Å². The number of halogens is 1. The Kier molecular flexibility index (Phi) is 9.28. The van der Waals surface area contributed by atoms with Gasteiger partial charge in [0.2, 0.25) is 0 Å². The lowest BCUT2D eigenvalue weighted by molar-refractivity contribution is -0.140. The number of nitrogens with one attached hydrogen (secondary N) is 1. The number of alkyl halides is 1. The number of likely N-dealkylation sites (tertiary alicyclic amines) is 1. The molecule has 2 amide bonds. The van der Waals surface area contributed by atoms with E-state index < -0.39 is 5.67 Å². The molecule has 178 valence electrons. The Morgan fingerprint density at radius 1 is 0.939 bits per heavy atom. The van der Waals surface area contributed by atoms with Crippen molar-refractivity contribution in [2.45, 2.75) is 50.6 Å². The number of rotatable bonds is 10. The Morgan fingerprint density at radius 3 is 2.03 bits per heavy atom. The Labute approximate surface area is 196 Å². The molecule has 33 heavy (non-hydrogen) atoms. The number of carbonyl (C=O) groups is 2. The molecular weight excluding hydrogens is 419 g/mol. The highest BCUT2D eigenvalue weighted by Crippen LogP contribution is 2.45. The van der Waals surface area contributed by atoms with Crippen LogP contribution >= 0.6 is 0 Å². The van der Waals surface area contributed by atoms with Gasteiger partial charge in [-0.2, -0.15) is 0 Å². The molecule has 1 aliphatic heterocycles. The third-order valence-corrected chi connectivity index (χ3v) is 6.54. The van der Waals surface area contributed by atoms with Crippen LogP contribution in [0.25, 0.3) is 0 Å². The van der Waals surface area contributed by atoms with Crippen molar-refractivity contribution in [3.8, 4) is 0 Å². The molecule has 1 N–H and O–H groups in total. The number of urea groups is 1. The van der Waals surface area contributed by atoms with E-state index in [-0.39, 0.29) is 17.9 Å². The van der Waals surface area contributed by atoms with E-state index in [2.05, 4.69) is 10.1 Å². The largest absolute Gasteiger partial charge is 0.469 e. The van der Waals surface area contributed by atoms with Crippen molar-refractivity contribution in [3.63, 3.8) is 0 Å². The summed E-state index contributed by atoms with van der Waals surface area (Å²) in [5.74, 6) is -0.371. The van der Waals surface area contributed by atoms with Crippen LogP contribution in [0.15, 0.2) is 60.7 Å². The summed E-state index contributed by atoms with van der Waals surface area (Å²) in [6.45, 7) is 1.69. The van der Waals surface area contributed by atoms with Crippen LogP contribution in [0.2, 0.25) is 0 Å². The summed E-state index contributed by atoms with van der Waals surface area (Å²) in [7, 11) is 1.40. The van der Waals surface area contributed by atoms with E-state index in [1.165, 1.54) is 7.11 Å². The fraction of sp³-hybridized carbons (Fsp3) is 0.481. The Morgan fingerprint density at radius 2 is 1.48 bits per heavy atom. The topological polar surface area (TPSA) is 58.6 Å². The highest BCUT2D eigenvalue weighted by atomic mass is 19.1. The van der Waals surface area contributed by atoms with E-state index in [9.17, 15) is 9.59 Å². The summed E-state index contributed by atoms with van der Waals surface area (Å²) in [5.41, 5.74) is -0.229. The third-order valence-electron chi connectivity index (χ3n) is 6.54. The van der Waals surface area contributed by atoms with Gasteiger partial charge in [0.15, 0.2) is 5.67 Å². The van der Waals surface area contributed by atoms with Gasteiger partial charge in [-0.05, 0) is 36.8 Å². The maximum atomic E-state index is 16.7. The number of methoxy groups -OCH3 is 1. The van der Waals surface area contributed by atoms with E-state index in [4.69, 9.17) is 0 Å². The van der Waals surface area contributed by atoms with Crippen molar-refractivity contribution in [3.05, 3.63) is 71.8 Å². The zero-order chi connectivity index (χ0) is 23.5. The number of hydrogen-bond acceptors (Lipinski definition) is 3. The molecule has 3 rings (SSSR count). The molecule has 1 aliphatic rings. The van der Waals surface area contributed by atoms with Crippen LogP contribution in [-0.4, -0.2) is 43.6 Å². The number of ether oxygens (including phenoxy) is 1. The average molecular weight is 455 g/mol. The monoisotopic (exact) mass is 454 g/mol. The number of nitrogens with zero attached hydrogens (tertiary/aromatic N) is 1. The number of esters is 1. The molecule has 0 unspecified atom stereocenters. The second-order valence-electron chi connectivity index (χ2n) is 8.68. The molecule has 0 aromatic heterocycles. The lowest BCUT2D eigenvalue weighted by Crippen LogP contribution is -2.47. The molecule has 2 aromatic rings. The number of amides is 2. The number of piperidine rings is 1. The Balaban J connectivity index is 1.49. The standard InChI is InChI=1S/C27H35FN2O3/c1-33-25(31)16-10-2-3-11-19-29-26(32)30-20-17-24(18-21-30)27(28,22-12-6-4-7-13-22)23-14-8-5-9-15-23/h4-9,12-15,24H,2-3,10-11,16-21H2,1H3,(H,29,32). The van der Waals surface area contributed by atoms with Gasteiger partial charge in [0, 0.05) is 32.0 Å². The predicted molar refractivity (Wildman–Crippen MR) is 128 cm³/mol. The van der Waals surface area contributed by atoms with E-state index >= 15 is 4.39 Å². The molecule has 0 bridgehead atoms. The summed E-state index contributed by atoms with van der Waals surface area (Å²) in [6, 6.07) is 18.7.